The number of fused-ring (bicyclic) bond motifs is 1. The highest BCUT2D eigenvalue weighted by molar-refractivity contribution is 8.00. The van der Waals surface area contributed by atoms with Crippen molar-refractivity contribution in [1.29, 1.82) is 0 Å². The van der Waals surface area contributed by atoms with Crippen molar-refractivity contribution in [2.75, 3.05) is 5.75 Å². The molecule has 10 nitrogen and oxygen atoms in total. The Bertz CT molecular complexity index is 2310. The first-order valence-electron chi connectivity index (χ1n) is 19.1. The summed E-state index contributed by atoms with van der Waals surface area (Å²) < 4.78 is 12.1. The molecule has 5 aromatic rings. The predicted molar refractivity (Wildman–Crippen MR) is 231 cm³/mol. The van der Waals surface area contributed by atoms with Gasteiger partial charge in [-0.25, -0.2) is 9.59 Å². The zero-order valence-corrected chi connectivity index (χ0v) is 34.9. The number of rotatable bonds is 15. The van der Waals surface area contributed by atoms with Gasteiger partial charge in [-0.3, -0.25) is 19.3 Å². The Morgan fingerprint density at radius 2 is 1.23 bits per heavy atom. The van der Waals surface area contributed by atoms with Crippen molar-refractivity contribution in [2.45, 2.75) is 48.9 Å². The average molecular weight is 883 g/mol. The van der Waals surface area contributed by atoms with Crippen molar-refractivity contribution < 1.29 is 33.4 Å². The number of β-lactam (4-membered cyclic amide) rings is 1. The summed E-state index contributed by atoms with van der Waals surface area (Å²) in [6, 6.07) is 39.2. The maximum atomic E-state index is 14.0. The van der Waals surface area contributed by atoms with Crippen LogP contribution in [0, 0.1) is 0 Å². The van der Waals surface area contributed by atoms with Crippen molar-refractivity contribution in [2.24, 2.45) is 0 Å². The number of halogens is 3. The summed E-state index contributed by atoms with van der Waals surface area (Å²) >= 11 is 20.3. The zero-order valence-electron chi connectivity index (χ0n) is 31.8. The van der Waals surface area contributed by atoms with Gasteiger partial charge in [-0.2, -0.15) is 0 Å². The van der Waals surface area contributed by atoms with E-state index in [0.717, 1.165) is 22.3 Å². The Morgan fingerprint density at radius 3 is 1.75 bits per heavy atom. The Labute approximate surface area is 366 Å². The first-order chi connectivity index (χ1) is 29.1. The minimum atomic E-state index is -1.18. The van der Waals surface area contributed by atoms with Gasteiger partial charge in [0.2, 0.25) is 5.91 Å². The monoisotopic (exact) mass is 881 g/mol. The van der Waals surface area contributed by atoms with Gasteiger partial charge in [-0.15, -0.1) is 11.8 Å². The molecule has 0 spiro atoms. The molecular weight excluding hydrogens is 845 g/mol. The van der Waals surface area contributed by atoms with Crippen LogP contribution < -0.4 is 10.6 Å². The van der Waals surface area contributed by atoms with Gasteiger partial charge >= 0.3 is 11.9 Å². The van der Waals surface area contributed by atoms with E-state index in [-0.39, 0.29) is 46.3 Å². The van der Waals surface area contributed by atoms with E-state index in [9.17, 15) is 24.0 Å². The Morgan fingerprint density at radius 1 is 0.717 bits per heavy atom. The van der Waals surface area contributed by atoms with Gasteiger partial charge < -0.3 is 20.1 Å². The second-order valence-corrected chi connectivity index (χ2v) is 16.4. The standard InChI is InChI=1S/C46H38Cl3N3O7S/c47-32-24-25-33(34(48)26-32)42(54)50-36(45(56)58-40(28-14-5-1-6-15-28)29-16-7-2-8-17-29)22-13-23-37(53)51-38-43(55)52-39(35(49)27-60-44(38)52)46(57)59-41(30-18-9-3-10-19-30)31-20-11-4-12-21-31/h1-12,14-21,24-26,36,38,40-41,44H,13,22-23,27H2,(H,50,54)(H,51,53)/t36?,38?,44-/m0/s1. The number of benzene rings is 5. The minimum absolute atomic E-state index is 0.0146. The van der Waals surface area contributed by atoms with Crippen LogP contribution in [0.15, 0.2) is 150 Å². The second-order valence-electron chi connectivity index (χ2n) is 14.0. The molecule has 2 unspecified atom stereocenters. The third kappa shape index (κ3) is 9.88. The van der Waals surface area contributed by atoms with Crippen LogP contribution in [-0.4, -0.2) is 57.8 Å². The molecule has 0 bridgehead atoms. The minimum Gasteiger partial charge on any atom is -0.451 e. The number of ether oxygens (including phenoxy) is 2. The van der Waals surface area contributed by atoms with Gasteiger partial charge in [-0.1, -0.05) is 156 Å². The summed E-state index contributed by atoms with van der Waals surface area (Å²) in [5.74, 6) is -2.86. The van der Waals surface area contributed by atoms with Crippen molar-refractivity contribution >= 4 is 76.2 Å². The fraction of sp³-hybridized carbons (Fsp3) is 0.196. The molecule has 0 radical (unpaired) electrons. The molecule has 3 atom stereocenters. The molecule has 0 aliphatic carbocycles. The fourth-order valence-electron chi connectivity index (χ4n) is 6.97. The van der Waals surface area contributed by atoms with Gasteiger partial charge in [0, 0.05) is 17.2 Å². The van der Waals surface area contributed by atoms with Crippen LogP contribution in [0.2, 0.25) is 10.0 Å². The van der Waals surface area contributed by atoms with Crippen LogP contribution in [0.3, 0.4) is 0 Å². The van der Waals surface area contributed by atoms with E-state index in [4.69, 9.17) is 44.3 Å². The molecule has 14 heteroatoms. The van der Waals surface area contributed by atoms with E-state index >= 15 is 0 Å². The van der Waals surface area contributed by atoms with Gasteiger partial charge in [-0.05, 0) is 53.3 Å². The molecule has 306 valence electrons. The van der Waals surface area contributed by atoms with Crippen molar-refractivity contribution in [3.63, 3.8) is 0 Å². The van der Waals surface area contributed by atoms with E-state index in [1.807, 2.05) is 121 Å². The highest BCUT2D eigenvalue weighted by Gasteiger charge is 2.54. The lowest BCUT2D eigenvalue weighted by Crippen LogP contribution is -2.70. The highest BCUT2D eigenvalue weighted by Crippen LogP contribution is 2.42. The molecule has 7 rings (SSSR count). The summed E-state index contributed by atoms with van der Waals surface area (Å²) in [7, 11) is 0. The molecule has 60 heavy (non-hydrogen) atoms. The molecule has 3 amide bonds. The number of hydrogen-bond acceptors (Lipinski definition) is 8. The van der Waals surface area contributed by atoms with Crippen LogP contribution in [0.1, 0.15) is 64.1 Å². The molecule has 1 saturated heterocycles. The zero-order chi connectivity index (χ0) is 42.2. The van der Waals surface area contributed by atoms with E-state index in [1.54, 1.807) is 0 Å². The lowest BCUT2D eigenvalue weighted by molar-refractivity contribution is -0.154. The summed E-state index contributed by atoms with van der Waals surface area (Å²) in [6.07, 6.45) is -1.48. The molecule has 2 aliphatic heterocycles. The summed E-state index contributed by atoms with van der Waals surface area (Å²) in [6.45, 7) is 0. The number of nitrogens with one attached hydrogen (secondary N) is 2. The van der Waals surface area contributed by atoms with E-state index in [2.05, 4.69) is 10.6 Å². The Hall–Kier alpha value is -5.59. The van der Waals surface area contributed by atoms with Crippen LogP contribution in [0.5, 0.6) is 0 Å². The third-order valence-corrected chi connectivity index (χ3v) is 12.3. The first-order valence-corrected chi connectivity index (χ1v) is 21.3. The van der Waals surface area contributed by atoms with Crippen LogP contribution >= 0.6 is 46.6 Å². The fourth-order valence-corrected chi connectivity index (χ4v) is 9.01. The molecule has 1 fully saturated rings. The van der Waals surface area contributed by atoms with Gasteiger partial charge in [0.25, 0.3) is 11.8 Å². The lowest BCUT2D eigenvalue weighted by atomic mass is 10.0. The quantitative estimate of drug-likeness (QED) is 0.0789. The number of thioether (sulfide) groups is 1. The predicted octanol–water partition coefficient (Wildman–Crippen LogP) is 8.78. The number of nitrogens with zero attached hydrogens (tertiary/aromatic N) is 1. The van der Waals surface area contributed by atoms with Gasteiger partial charge in [0.05, 0.1) is 15.6 Å². The van der Waals surface area contributed by atoms with Crippen LogP contribution in [0.25, 0.3) is 0 Å². The number of esters is 2. The average Bonchev–Trinajstić information content (AvgIpc) is 3.27. The van der Waals surface area contributed by atoms with E-state index in [0.29, 0.717) is 5.02 Å². The number of carbonyl (C=O) groups excluding carboxylic acids is 5. The number of amides is 3. The van der Waals surface area contributed by atoms with Crippen molar-refractivity contribution in [1.82, 2.24) is 15.5 Å². The number of carbonyl (C=O) groups is 5. The summed E-state index contributed by atoms with van der Waals surface area (Å²) in [5, 5.41) is 5.52. The van der Waals surface area contributed by atoms with Crippen LogP contribution in [-0.2, 0) is 28.7 Å². The Balaban J connectivity index is 1.01. The second kappa shape index (κ2) is 19.6. The molecular formula is C46H38Cl3N3O7S. The molecule has 0 saturated carbocycles. The van der Waals surface area contributed by atoms with Gasteiger partial charge in [0.1, 0.15) is 23.2 Å². The molecule has 2 aliphatic rings. The molecule has 2 N–H and O–H groups in total. The topological polar surface area (TPSA) is 131 Å². The highest BCUT2D eigenvalue weighted by atomic mass is 35.5. The summed E-state index contributed by atoms with van der Waals surface area (Å²) in [4.78, 5) is 69.4. The molecule has 0 aromatic heterocycles. The SMILES string of the molecule is O=C(CCCC(NC(=O)c1ccc(Cl)cc1Cl)C(=O)OC(c1ccccc1)c1ccccc1)NC1C(=O)N2C(C(=O)OC(c3ccccc3)c3ccccc3)=C(Cl)CS[C@@H]12. The maximum absolute atomic E-state index is 14.0. The number of hydrogen-bond donors (Lipinski definition) is 2. The van der Waals surface area contributed by atoms with Gasteiger partial charge in [0.15, 0.2) is 12.2 Å². The molecule has 2 heterocycles. The van der Waals surface area contributed by atoms with Crippen molar-refractivity contribution in [3.05, 3.63) is 188 Å². The van der Waals surface area contributed by atoms with Crippen LogP contribution in [0.4, 0.5) is 0 Å². The smallest absolute Gasteiger partial charge is 0.357 e. The first kappa shape index (κ1) is 42.5. The van der Waals surface area contributed by atoms with Crippen molar-refractivity contribution in [3.8, 4) is 0 Å². The largest absolute Gasteiger partial charge is 0.451 e. The Kier molecular flexibility index (Phi) is 13.9. The maximum Gasteiger partial charge on any atom is 0.357 e. The molecule has 5 aromatic carbocycles. The normalized spacial score (nSPS) is 16.4. The third-order valence-electron chi connectivity index (χ3n) is 9.96. The van der Waals surface area contributed by atoms with E-state index < -0.39 is 59.3 Å². The summed E-state index contributed by atoms with van der Waals surface area (Å²) in [5.41, 5.74) is 2.97. The lowest BCUT2D eigenvalue weighted by Gasteiger charge is -2.49. The van der Waals surface area contributed by atoms with E-state index in [1.165, 1.54) is 34.9 Å².